The Hall–Kier alpha value is -2.53. The highest BCUT2D eigenvalue weighted by atomic mass is 16.6. The average Bonchev–Trinajstić information content (AvgIpc) is 2.58. The van der Waals surface area contributed by atoms with Crippen molar-refractivity contribution < 1.29 is 19.4 Å². The van der Waals surface area contributed by atoms with Gasteiger partial charge < -0.3 is 14.6 Å². The maximum atomic E-state index is 12.1. The third kappa shape index (κ3) is 5.73. The number of rotatable bonds is 5. The highest BCUT2D eigenvalue weighted by Gasteiger charge is 2.20. The normalized spacial score (nSPS) is 12.6. The Bertz CT molecular complexity index is 858. The summed E-state index contributed by atoms with van der Waals surface area (Å²) in [7, 11) is 1.65. The van der Waals surface area contributed by atoms with Gasteiger partial charge in [0.25, 0.3) is 0 Å². The minimum Gasteiger partial charge on any atom is -0.496 e. The van der Waals surface area contributed by atoms with E-state index in [9.17, 15) is 9.90 Å². The van der Waals surface area contributed by atoms with Gasteiger partial charge in [-0.2, -0.15) is 0 Å². The summed E-state index contributed by atoms with van der Waals surface area (Å²) in [6.07, 6.45) is -1.27. The van der Waals surface area contributed by atoms with Crippen molar-refractivity contribution >= 4 is 11.8 Å². The third-order valence-corrected chi connectivity index (χ3v) is 4.70. The maximum absolute atomic E-state index is 12.1. The van der Waals surface area contributed by atoms with Gasteiger partial charge in [0.05, 0.1) is 7.11 Å². The Morgan fingerprint density at radius 3 is 2.14 bits per heavy atom. The summed E-state index contributed by atoms with van der Waals surface area (Å²) in [6.45, 7) is 13.5. The minimum absolute atomic E-state index is 0.277. The fourth-order valence-electron chi connectivity index (χ4n) is 3.44. The van der Waals surface area contributed by atoms with Crippen LogP contribution in [-0.4, -0.2) is 23.9 Å². The van der Waals surface area contributed by atoms with Crippen LogP contribution in [0.2, 0.25) is 0 Å². The second-order valence-corrected chi connectivity index (χ2v) is 8.71. The molecule has 2 aromatic carbocycles. The number of benzene rings is 2. The first-order chi connectivity index (χ1) is 13.4. The van der Waals surface area contributed by atoms with Crippen LogP contribution in [0.5, 0.6) is 5.75 Å². The fraction of sp³-hybridized carbons (Fsp3) is 0.458. The fourth-order valence-corrected chi connectivity index (χ4v) is 3.44. The molecular formula is C24H33NO4. The molecule has 0 aliphatic rings. The van der Waals surface area contributed by atoms with Gasteiger partial charge >= 0.3 is 6.09 Å². The van der Waals surface area contributed by atoms with Gasteiger partial charge in [-0.15, -0.1) is 0 Å². The average molecular weight is 400 g/mol. The Balaban J connectivity index is 2.33. The first-order valence-electron chi connectivity index (χ1n) is 9.90. The molecule has 0 bridgehead atoms. The van der Waals surface area contributed by atoms with Crippen LogP contribution in [0.4, 0.5) is 10.5 Å². The van der Waals surface area contributed by atoms with E-state index in [2.05, 4.69) is 19.2 Å². The molecule has 29 heavy (non-hydrogen) atoms. The number of anilines is 1. The van der Waals surface area contributed by atoms with E-state index in [4.69, 9.17) is 9.47 Å². The number of ether oxygens (including phenoxy) is 2. The quantitative estimate of drug-likeness (QED) is 0.660. The van der Waals surface area contributed by atoms with Gasteiger partial charge in [-0.3, -0.25) is 5.32 Å². The van der Waals surface area contributed by atoms with Gasteiger partial charge in [0.15, 0.2) is 0 Å². The van der Waals surface area contributed by atoms with Crippen LogP contribution in [0.1, 0.15) is 74.5 Å². The van der Waals surface area contributed by atoms with E-state index in [1.165, 1.54) is 0 Å². The number of aliphatic hydroxyl groups is 1. The second kappa shape index (κ2) is 8.87. The van der Waals surface area contributed by atoms with Gasteiger partial charge in [-0.25, -0.2) is 4.79 Å². The van der Waals surface area contributed by atoms with Crippen molar-refractivity contribution in [1.82, 2.24) is 0 Å². The topological polar surface area (TPSA) is 67.8 Å². The van der Waals surface area contributed by atoms with Crippen molar-refractivity contribution in [1.29, 1.82) is 0 Å². The number of amides is 1. The molecule has 0 saturated heterocycles. The number of carbonyl (C=O) groups is 1. The number of aryl methyl sites for hydroxylation is 2. The standard InChI is InChI=1S/C24H33NO4/c1-14(2)19-13-17(9-10-20(19)28-8)22(26)21-15(3)11-18(12-16(21)4)25-23(27)29-24(5,6)7/h9-14,22,26H,1-8H3,(H,25,27). The Morgan fingerprint density at radius 1 is 1.07 bits per heavy atom. The van der Waals surface area contributed by atoms with Crippen molar-refractivity contribution in [3.05, 3.63) is 58.1 Å². The van der Waals surface area contributed by atoms with Crippen LogP contribution in [-0.2, 0) is 4.74 Å². The van der Waals surface area contributed by atoms with E-state index < -0.39 is 17.8 Å². The summed E-state index contributed by atoms with van der Waals surface area (Å²) in [6, 6.07) is 9.49. The van der Waals surface area contributed by atoms with E-state index in [1.807, 2.05) is 65.0 Å². The summed E-state index contributed by atoms with van der Waals surface area (Å²) in [5.41, 5.74) is 4.57. The summed E-state index contributed by atoms with van der Waals surface area (Å²) in [5, 5.41) is 13.9. The van der Waals surface area contributed by atoms with Crippen LogP contribution in [0.25, 0.3) is 0 Å². The van der Waals surface area contributed by atoms with Crippen LogP contribution in [0, 0.1) is 13.8 Å². The SMILES string of the molecule is COc1ccc(C(O)c2c(C)cc(NC(=O)OC(C)(C)C)cc2C)cc1C(C)C. The summed E-state index contributed by atoms with van der Waals surface area (Å²) < 4.78 is 10.8. The van der Waals surface area contributed by atoms with Gasteiger partial charge in [-0.05, 0) is 92.6 Å². The molecule has 2 N–H and O–H groups in total. The molecule has 2 rings (SSSR count). The van der Waals surface area contributed by atoms with E-state index in [0.717, 1.165) is 33.6 Å². The highest BCUT2D eigenvalue weighted by molar-refractivity contribution is 5.85. The lowest BCUT2D eigenvalue weighted by Gasteiger charge is -2.22. The van der Waals surface area contributed by atoms with Crippen LogP contribution < -0.4 is 10.1 Å². The zero-order valence-corrected chi connectivity index (χ0v) is 18.7. The molecule has 0 spiro atoms. The zero-order valence-electron chi connectivity index (χ0n) is 18.7. The van der Waals surface area contributed by atoms with Crippen molar-refractivity contribution in [2.75, 3.05) is 12.4 Å². The molecule has 1 amide bonds. The van der Waals surface area contributed by atoms with Crippen molar-refractivity contribution in [3.63, 3.8) is 0 Å². The number of aliphatic hydroxyl groups excluding tert-OH is 1. The predicted molar refractivity (Wildman–Crippen MR) is 117 cm³/mol. The molecule has 5 nitrogen and oxygen atoms in total. The number of carbonyl (C=O) groups excluding carboxylic acids is 1. The summed E-state index contributed by atoms with van der Waals surface area (Å²) in [4.78, 5) is 12.1. The Labute approximate surface area is 174 Å². The number of methoxy groups -OCH3 is 1. The molecule has 2 aromatic rings. The molecule has 0 saturated carbocycles. The molecule has 1 unspecified atom stereocenters. The Morgan fingerprint density at radius 2 is 1.66 bits per heavy atom. The molecule has 0 heterocycles. The number of nitrogens with one attached hydrogen (secondary N) is 1. The molecule has 0 aromatic heterocycles. The van der Waals surface area contributed by atoms with Crippen molar-refractivity contribution in [2.24, 2.45) is 0 Å². The number of hydrogen-bond acceptors (Lipinski definition) is 4. The maximum Gasteiger partial charge on any atom is 0.412 e. The molecule has 1 atom stereocenters. The van der Waals surface area contributed by atoms with Crippen LogP contribution in [0.3, 0.4) is 0 Å². The van der Waals surface area contributed by atoms with E-state index in [1.54, 1.807) is 7.11 Å². The minimum atomic E-state index is -0.769. The van der Waals surface area contributed by atoms with Gasteiger partial charge in [0, 0.05) is 5.69 Å². The lowest BCUT2D eigenvalue weighted by Crippen LogP contribution is -2.27. The lowest BCUT2D eigenvalue weighted by molar-refractivity contribution is 0.0636. The van der Waals surface area contributed by atoms with Crippen LogP contribution >= 0.6 is 0 Å². The molecule has 158 valence electrons. The Kier molecular flexibility index (Phi) is 6.96. The zero-order chi connectivity index (χ0) is 21.9. The van der Waals surface area contributed by atoms with E-state index in [-0.39, 0.29) is 5.92 Å². The molecule has 0 fully saturated rings. The summed E-state index contributed by atoms with van der Waals surface area (Å²) in [5.74, 6) is 1.10. The number of hydrogen-bond donors (Lipinski definition) is 2. The molecular weight excluding hydrogens is 366 g/mol. The lowest BCUT2D eigenvalue weighted by atomic mass is 9.90. The van der Waals surface area contributed by atoms with Crippen LogP contribution in [0.15, 0.2) is 30.3 Å². The predicted octanol–water partition coefficient (Wildman–Crippen LogP) is 5.86. The highest BCUT2D eigenvalue weighted by Crippen LogP contribution is 2.34. The van der Waals surface area contributed by atoms with Crippen molar-refractivity contribution in [3.8, 4) is 5.75 Å². The van der Waals surface area contributed by atoms with E-state index >= 15 is 0 Å². The monoisotopic (exact) mass is 399 g/mol. The van der Waals surface area contributed by atoms with Gasteiger partial charge in [0.1, 0.15) is 17.5 Å². The van der Waals surface area contributed by atoms with Gasteiger partial charge in [0.2, 0.25) is 0 Å². The molecule has 0 aliphatic heterocycles. The summed E-state index contributed by atoms with van der Waals surface area (Å²) >= 11 is 0. The first-order valence-corrected chi connectivity index (χ1v) is 9.90. The third-order valence-electron chi connectivity index (χ3n) is 4.70. The first kappa shape index (κ1) is 22.8. The molecule has 0 aliphatic carbocycles. The second-order valence-electron chi connectivity index (χ2n) is 8.71. The smallest absolute Gasteiger partial charge is 0.412 e. The largest absolute Gasteiger partial charge is 0.496 e. The van der Waals surface area contributed by atoms with Crippen molar-refractivity contribution in [2.45, 2.75) is 66.1 Å². The molecule has 0 radical (unpaired) electrons. The molecule has 5 heteroatoms. The van der Waals surface area contributed by atoms with E-state index in [0.29, 0.717) is 5.69 Å². The van der Waals surface area contributed by atoms with Gasteiger partial charge in [-0.1, -0.05) is 19.9 Å².